The van der Waals surface area contributed by atoms with Gasteiger partial charge in [-0.25, -0.2) is 0 Å². The van der Waals surface area contributed by atoms with Gasteiger partial charge in [0.15, 0.2) is 5.43 Å². The van der Waals surface area contributed by atoms with Gasteiger partial charge in [0.2, 0.25) is 0 Å². The second-order valence-corrected chi connectivity index (χ2v) is 8.21. The predicted molar refractivity (Wildman–Crippen MR) is 113 cm³/mol. The molecule has 1 aliphatic rings. The first-order chi connectivity index (χ1) is 13.4. The third-order valence-corrected chi connectivity index (χ3v) is 6.07. The highest BCUT2D eigenvalue weighted by Gasteiger charge is 2.31. The number of aryl methyl sites for hydroxylation is 2. The lowest BCUT2D eigenvalue weighted by Gasteiger charge is -2.35. The number of aliphatic hydroxyl groups is 1. The zero-order valence-corrected chi connectivity index (χ0v) is 17.1. The predicted octanol–water partition coefficient (Wildman–Crippen LogP) is 4.51. The molecule has 5 heteroatoms. The summed E-state index contributed by atoms with van der Waals surface area (Å²) in [5, 5.41) is 11.9. The molecule has 146 valence electrons. The van der Waals surface area contributed by atoms with Crippen LogP contribution in [0.15, 0.2) is 45.6 Å². The van der Waals surface area contributed by atoms with E-state index in [0.717, 1.165) is 29.7 Å². The molecule has 2 atom stereocenters. The Bertz CT molecular complexity index is 1100. The van der Waals surface area contributed by atoms with Crippen molar-refractivity contribution in [3.63, 3.8) is 0 Å². The Labute approximate surface area is 169 Å². The molecule has 1 fully saturated rings. The number of fused-ring (bicyclic) bond motifs is 1. The number of halogens is 1. The van der Waals surface area contributed by atoms with E-state index in [2.05, 4.69) is 4.90 Å². The highest BCUT2D eigenvalue weighted by Crippen LogP contribution is 2.38. The van der Waals surface area contributed by atoms with Crippen molar-refractivity contribution in [1.29, 1.82) is 0 Å². The maximum Gasteiger partial charge on any atom is 0.193 e. The number of hydrogen-bond acceptors (Lipinski definition) is 4. The normalized spacial score (nSPS) is 20.6. The first kappa shape index (κ1) is 19.2. The van der Waals surface area contributed by atoms with Crippen LogP contribution >= 0.6 is 11.6 Å². The molecule has 0 bridgehead atoms. The fourth-order valence-corrected chi connectivity index (χ4v) is 4.62. The minimum absolute atomic E-state index is 0.0658. The van der Waals surface area contributed by atoms with Gasteiger partial charge in [0.25, 0.3) is 0 Å². The Morgan fingerprint density at radius 1 is 1.18 bits per heavy atom. The van der Waals surface area contributed by atoms with E-state index in [1.165, 1.54) is 6.07 Å². The van der Waals surface area contributed by atoms with Crippen molar-refractivity contribution in [3.8, 4) is 11.3 Å². The van der Waals surface area contributed by atoms with Crippen molar-refractivity contribution in [2.45, 2.75) is 32.3 Å². The van der Waals surface area contributed by atoms with Gasteiger partial charge in [-0.3, -0.25) is 4.79 Å². The number of aliphatic hydroxyl groups excluding tert-OH is 1. The first-order valence-electron chi connectivity index (χ1n) is 9.56. The molecule has 1 saturated heterocycles. The summed E-state index contributed by atoms with van der Waals surface area (Å²) in [5.74, 6) is 0.390. The molecule has 0 amide bonds. The fraction of sp³-hybridized carbons (Fsp3) is 0.348. The average Bonchev–Trinajstić information content (AvgIpc) is 2.63. The lowest BCUT2D eigenvalue weighted by Crippen LogP contribution is -2.40. The van der Waals surface area contributed by atoms with Crippen molar-refractivity contribution in [2.75, 3.05) is 20.1 Å². The van der Waals surface area contributed by atoms with Crippen molar-refractivity contribution in [2.24, 2.45) is 0 Å². The molecule has 0 spiro atoms. The SMILES string of the molecule is Cc1cc(C)c2c(=O)cc(-c3ccccc3Cl)oc2c1C1CCN(C)C[C@H]1O. The zero-order valence-electron chi connectivity index (χ0n) is 16.3. The zero-order chi connectivity index (χ0) is 20.0. The summed E-state index contributed by atoms with van der Waals surface area (Å²) in [7, 11) is 2.01. The highest BCUT2D eigenvalue weighted by molar-refractivity contribution is 6.33. The number of likely N-dealkylation sites (tertiary alicyclic amines) is 1. The van der Waals surface area contributed by atoms with Crippen molar-refractivity contribution >= 4 is 22.6 Å². The van der Waals surface area contributed by atoms with Crippen molar-refractivity contribution in [1.82, 2.24) is 4.90 Å². The van der Waals surface area contributed by atoms with Crippen LogP contribution in [0.25, 0.3) is 22.3 Å². The molecule has 1 aliphatic heterocycles. The van der Waals surface area contributed by atoms with Crippen LogP contribution in [-0.4, -0.2) is 36.2 Å². The fourth-order valence-electron chi connectivity index (χ4n) is 4.39. The second-order valence-electron chi connectivity index (χ2n) is 7.81. The molecule has 0 radical (unpaired) electrons. The Kier molecular flexibility index (Phi) is 5.04. The van der Waals surface area contributed by atoms with Gasteiger partial charge in [-0.15, -0.1) is 0 Å². The van der Waals surface area contributed by atoms with Crippen LogP contribution in [0.2, 0.25) is 5.02 Å². The summed E-state index contributed by atoms with van der Waals surface area (Å²) in [6, 6.07) is 10.9. The van der Waals surface area contributed by atoms with Gasteiger partial charge in [0.05, 0.1) is 16.5 Å². The number of likely N-dealkylation sites (N-methyl/N-ethyl adjacent to an activating group) is 1. The molecule has 3 aromatic rings. The van der Waals surface area contributed by atoms with E-state index in [1.54, 1.807) is 6.07 Å². The molecule has 1 aromatic heterocycles. The molecule has 4 rings (SSSR count). The molecular weight excluding hydrogens is 374 g/mol. The van der Waals surface area contributed by atoms with Crippen LogP contribution in [0, 0.1) is 13.8 Å². The van der Waals surface area contributed by atoms with Crippen LogP contribution in [0.3, 0.4) is 0 Å². The van der Waals surface area contributed by atoms with Crippen LogP contribution in [0.1, 0.15) is 29.0 Å². The van der Waals surface area contributed by atoms with E-state index in [9.17, 15) is 9.90 Å². The first-order valence-corrected chi connectivity index (χ1v) is 9.94. The maximum atomic E-state index is 13.0. The van der Waals surface area contributed by atoms with Crippen LogP contribution in [-0.2, 0) is 0 Å². The summed E-state index contributed by atoms with van der Waals surface area (Å²) in [4.78, 5) is 15.1. The molecule has 4 nitrogen and oxygen atoms in total. The van der Waals surface area contributed by atoms with Gasteiger partial charge in [-0.2, -0.15) is 0 Å². The van der Waals surface area contributed by atoms with Gasteiger partial charge in [-0.05, 0) is 57.1 Å². The third-order valence-electron chi connectivity index (χ3n) is 5.74. The number of benzene rings is 2. The van der Waals surface area contributed by atoms with E-state index in [-0.39, 0.29) is 11.3 Å². The summed E-state index contributed by atoms with van der Waals surface area (Å²) >= 11 is 6.34. The molecule has 0 aliphatic carbocycles. The van der Waals surface area contributed by atoms with Gasteiger partial charge >= 0.3 is 0 Å². The highest BCUT2D eigenvalue weighted by atomic mass is 35.5. The summed E-state index contributed by atoms with van der Waals surface area (Å²) in [6.07, 6.45) is 0.314. The van der Waals surface area contributed by atoms with Gasteiger partial charge in [-0.1, -0.05) is 29.8 Å². The molecule has 2 aromatic carbocycles. The molecule has 1 unspecified atom stereocenters. The molecule has 0 saturated carbocycles. The summed E-state index contributed by atoms with van der Waals surface area (Å²) in [5.41, 5.74) is 4.05. The quantitative estimate of drug-likeness (QED) is 0.691. The topological polar surface area (TPSA) is 53.7 Å². The number of rotatable bonds is 2. The maximum absolute atomic E-state index is 13.0. The van der Waals surface area contributed by atoms with Gasteiger partial charge < -0.3 is 14.4 Å². The molecule has 2 heterocycles. The monoisotopic (exact) mass is 397 g/mol. The average molecular weight is 398 g/mol. The number of piperidine rings is 1. The Balaban J connectivity index is 2.00. The van der Waals surface area contributed by atoms with Crippen molar-refractivity contribution in [3.05, 3.63) is 68.3 Å². The second kappa shape index (κ2) is 7.36. The minimum Gasteiger partial charge on any atom is -0.455 e. The third kappa shape index (κ3) is 3.26. The molecular formula is C23H24ClNO3. The van der Waals surface area contributed by atoms with E-state index < -0.39 is 6.10 Å². The number of hydrogen-bond donors (Lipinski definition) is 1. The van der Waals surface area contributed by atoms with Gasteiger partial charge in [0, 0.05) is 29.7 Å². The lowest BCUT2D eigenvalue weighted by molar-refractivity contribution is 0.0637. The van der Waals surface area contributed by atoms with Gasteiger partial charge in [0.1, 0.15) is 11.3 Å². The van der Waals surface area contributed by atoms with E-state index in [0.29, 0.717) is 33.9 Å². The Hall–Kier alpha value is -2.14. The van der Waals surface area contributed by atoms with Crippen LogP contribution < -0.4 is 5.43 Å². The molecule has 28 heavy (non-hydrogen) atoms. The number of nitrogens with zero attached hydrogens (tertiary/aromatic N) is 1. The van der Waals surface area contributed by atoms with E-state index in [1.807, 2.05) is 45.2 Å². The molecule has 1 N–H and O–H groups in total. The number of β-amino-alcohol motifs (C(OH)–C–C–N with tert-alkyl or cyclic N) is 1. The lowest BCUT2D eigenvalue weighted by atomic mass is 9.83. The van der Waals surface area contributed by atoms with E-state index in [4.69, 9.17) is 16.0 Å². The smallest absolute Gasteiger partial charge is 0.193 e. The summed E-state index contributed by atoms with van der Waals surface area (Å²) < 4.78 is 6.32. The van der Waals surface area contributed by atoms with Crippen LogP contribution in [0.4, 0.5) is 0 Å². The standard InChI is InChI=1S/C23H24ClNO3/c1-13-10-14(2)22-18(26)11-20(15-6-4-5-7-17(15)24)28-23(22)21(13)16-8-9-25(3)12-19(16)27/h4-7,10-11,16,19,27H,8-9,12H2,1-3H3/t16?,19-/m1/s1. The largest absolute Gasteiger partial charge is 0.455 e. The van der Waals surface area contributed by atoms with E-state index >= 15 is 0 Å². The Morgan fingerprint density at radius 2 is 1.93 bits per heavy atom. The summed E-state index contributed by atoms with van der Waals surface area (Å²) in [6.45, 7) is 5.45. The Morgan fingerprint density at radius 3 is 2.64 bits per heavy atom. The minimum atomic E-state index is -0.502. The van der Waals surface area contributed by atoms with Crippen molar-refractivity contribution < 1.29 is 9.52 Å². The van der Waals surface area contributed by atoms with Crippen LogP contribution in [0.5, 0.6) is 0 Å².